The Morgan fingerprint density at radius 1 is 1.47 bits per heavy atom. The Morgan fingerprint density at radius 2 is 2.21 bits per heavy atom. The minimum Gasteiger partial charge on any atom is -0.490 e. The number of ether oxygens (including phenoxy) is 1. The van der Waals surface area contributed by atoms with Crippen molar-refractivity contribution in [3.63, 3.8) is 0 Å². The Labute approximate surface area is 119 Å². The molecule has 1 aromatic rings. The highest BCUT2D eigenvalue weighted by atomic mass is 32.1. The van der Waals surface area contributed by atoms with Gasteiger partial charge in [0, 0.05) is 12.1 Å². The van der Waals surface area contributed by atoms with E-state index in [1.54, 1.807) is 12.3 Å². The first-order valence-corrected chi connectivity index (χ1v) is 6.47. The van der Waals surface area contributed by atoms with Crippen molar-refractivity contribution >= 4 is 23.5 Å². The molecular weight excluding hydrogens is 258 g/mol. The molecule has 0 radical (unpaired) electrons. The molecule has 0 aliphatic carbocycles. The van der Waals surface area contributed by atoms with E-state index in [-0.39, 0.29) is 6.10 Å². The molecular formula is C14H19N3OS. The van der Waals surface area contributed by atoms with Crippen molar-refractivity contribution in [3.05, 3.63) is 42.5 Å². The molecule has 0 saturated carbocycles. The van der Waals surface area contributed by atoms with Gasteiger partial charge in [-0.05, 0) is 38.2 Å². The molecule has 0 atom stereocenters. The Hall–Kier alpha value is -1.88. The second kappa shape index (κ2) is 8.26. The molecule has 19 heavy (non-hydrogen) atoms. The molecule has 0 amide bonds. The molecule has 0 aliphatic heterocycles. The molecule has 0 aromatic heterocycles. The number of rotatable bonds is 6. The maximum absolute atomic E-state index is 5.69. The first kappa shape index (κ1) is 15.2. The van der Waals surface area contributed by atoms with E-state index in [4.69, 9.17) is 17.0 Å². The second-order valence-corrected chi connectivity index (χ2v) is 4.48. The molecule has 0 unspecified atom stereocenters. The largest absolute Gasteiger partial charge is 0.490 e. The number of hydrazone groups is 1. The number of benzene rings is 1. The fraction of sp³-hybridized carbons (Fsp3) is 0.286. The van der Waals surface area contributed by atoms with Gasteiger partial charge < -0.3 is 10.1 Å². The van der Waals surface area contributed by atoms with Gasteiger partial charge in [-0.1, -0.05) is 18.2 Å². The molecule has 4 nitrogen and oxygen atoms in total. The molecule has 5 heteroatoms. The number of thiocarbonyl (C=S) groups is 1. The molecule has 1 aromatic carbocycles. The summed E-state index contributed by atoms with van der Waals surface area (Å²) in [6, 6.07) is 7.71. The SMILES string of the molecule is C=CCNC(=S)N/N=C/c1ccccc1OC(C)C. The standard InChI is InChI=1S/C14H19N3OS/c1-4-9-15-14(19)17-16-10-12-7-5-6-8-13(12)18-11(2)3/h4-8,10-11H,1,9H2,2-3H3,(H2,15,17,19)/b16-10+. The van der Waals surface area contributed by atoms with Crippen LogP contribution >= 0.6 is 12.2 Å². The van der Waals surface area contributed by atoms with Crippen molar-refractivity contribution in [3.8, 4) is 5.75 Å². The summed E-state index contributed by atoms with van der Waals surface area (Å²) in [5.41, 5.74) is 3.63. The van der Waals surface area contributed by atoms with Crippen LogP contribution in [0.25, 0.3) is 0 Å². The van der Waals surface area contributed by atoms with Gasteiger partial charge in [0.25, 0.3) is 0 Å². The van der Waals surface area contributed by atoms with E-state index >= 15 is 0 Å². The zero-order valence-electron chi connectivity index (χ0n) is 11.2. The Balaban J connectivity index is 2.60. The van der Waals surface area contributed by atoms with Crippen molar-refractivity contribution in [2.24, 2.45) is 5.10 Å². The second-order valence-electron chi connectivity index (χ2n) is 4.07. The number of hydrogen-bond acceptors (Lipinski definition) is 3. The topological polar surface area (TPSA) is 45.7 Å². The van der Waals surface area contributed by atoms with E-state index in [0.717, 1.165) is 11.3 Å². The van der Waals surface area contributed by atoms with Crippen LogP contribution in [0.1, 0.15) is 19.4 Å². The van der Waals surface area contributed by atoms with Crippen LogP contribution in [0.2, 0.25) is 0 Å². The molecule has 0 spiro atoms. The van der Waals surface area contributed by atoms with Gasteiger partial charge in [0.2, 0.25) is 0 Å². The van der Waals surface area contributed by atoms with Gasteiger partial charge in [-0.3, -0.25) is 5.43 Å². The molecule has 0 saturated heterocycles. The highest BCUT2D eigenvalue weighted by Gasteiger charge is 2.02. The summed E-state index contributed by atoms with van der Waals surface area (Å²) < 4.78 is 5.69. The average Bonchev–Trinajstić information content (AvgIpc) is 2.38. The molecule has 2 N–H and O–H groups in total. The highest BCUT2D eigenvalue weighted by molar-refractivity contribution is 7.80. The third kappa shape index (κ3) is 6.01. The lowest BCUT2D eigenvalue weighted by Gasteiger charge is -2.11. The Bertz CT molecular complexity index is 458. The Kier molecular flexibility index (Phi) is 6.60. The maximum atomic E-state index is 5.69. The minimum absolute atomic E-state index is 0.123. The van der Waals surface area contributed by atoms with E-state index in [1.165, 1.54) is 0 Å². The fourth-order valence-electron chi connectivity index (χ4n) is 1.31. The summed E-state index contributed by atoms with van der Waals surface area (Å²) >= 11 is 5.02. The van der Waals surface area contributed by atoms with Crippen LogP contribution < -0.4 is 15.5 Å². The minimum atomic E-state index is 0.123. The lowest BCUT2D eigenvalue weighted by atomic mass is 10.2. The van der Waals surface area contributed by atoms with E-state index in [1.807, 2.05) is 38.1 Å². The predicted molar refractivity (Wildman–Crippen MR) is 83.7 cm³/mol. The van der Waals surface area contributed by atoms with E-state index in [0.29, 0.717) is 11.7 Å². The van der Waals surface area contributed by atoms with Crippen molar-refractivity contribution in [1.82, 2.24) is 10.7 Å². The van der Waals surface area contributed by atoms with Crippen LogP contribution in [0.4, 0.5) is 0 Å². The average molecular weight is 277 g/mol. The number of para-hydroxylation sites is 1. The third-order valence-electron chi connectivity index (χ3n) is 2.06. The van der Waals surface area contributed by atoms with Crippen LogP contribution in [0.15, 0.2) is 42.0 Å². The van der Waals surface area contributed by atoms with Crippen LogP contribution in [-0.2, 0) is 0 Å². The smallest absolute Gasteiger partial charge is 0.187 e. The van der Waals surface area contributed by atoms with Crippen LogP contribution in [0.3, 0.4) is 0 Å². The molecule has 0 fully saturated rings. The molecule has 102 valence electrons. The van der Waals surface area contributed by atoms with Crippen molar-refractivity contribution < 1.29 is 4.74 Å². The maximum Gasteiger partial charge on any atom is 0.187 e. The fourth-order valence-corrected chi connectivity index (χ4v) is 1.45. The normalized spacial score (nSPS) is 10.5. The highest BCUT2D eigenvalue weighted by Crippen LogP contribution is 2.17. The monoisotopic (exact) mass is 277 g/mol. The molecule has 0 bridgehead atoms. The zero-order valence-corrected chi connectivity index (χ0v) is 12.0. The Morgan fingerprint density at radius 3 is 2.89 bits per heavy atom. The first-order valence-electron chi connectivity index (χ1n) is 6.07. The number of nitrogens with one attached hydrogen (secondary N) is 2. The van der Waals surface area contributed by atoms with Crippen molar-refractivity contribution in [2.45, 2.75) is 20.0 Å². The molecule has 1 rings (SSSR count). The summed E-state index contributed by atoms with van der Waals surface area (Å²) in [5, 5.41) is 7.45. The summed E-state index contributed by atoms with van der Waals surface area (Å²) in [5.74, 6) is 0.799. The lowest BCUT2D eigenvalue weighted by molar-refractivity contribution is 0.242. The van der Waals surface area contributed by atoms with Gasteiger partial charge in [-0.15, -0.1) is 6.58 Å². The van der Waals surface area contributed by atoms with Crippen molar-refractivity contribution in [2.75, 3.05) is 6.54 Å². The van der Waals surface area contributed by atoms with Gasteiger partial charge in [-0.2, -0.15) is 5.10 Å². The lowest BCUT2D eigenvalue weighted by Crippen LogP contribution is -2.31. The predicted octanol–water partition coefficient (Wildman–Crippen LogP) is 2.46. The van der Waals surface area contributed by atoms with Gasteiger partial charge in [0.15, 0.2) is 5.11 Å². The van der Waals surface area contributed by atoms with Gasteiger partial charge in [0.05, 0.1) is 12.3 Å². The van der Waals surface area contributed by atoms with Crippen molar-refractivity contribution in [1.29, 1.82) is 0 Å². The van der Waals surface area contributed by atoms with Gasteiger partial charge >= 0.3 is 0 Å². The van der Waals surface area contributed by atoms with Gasteiger partial charge in [0.1, 0.15) is 5.75 Å². The molecule has 0 aliphatic rings. The van der Waals surface area contributed by atoms with Gasteiger partial charge in [-0.25, -0.2) is 0 Å². The first-order chi connectivity index (χ1) is 9.13. The van der Waals surface area contributed by atoms with Crippen LogP contribution in [0.5, 0.6) is 5.75 Å². The zero-order chi connectivity index (χ0) is 14.1. The van der Waals surface area contributed by atoms with E-state index in [2.05, 4.69) is 22.4 Å². The summed E-state index contributed by atoms with van der Waals surface area (Å²) in [6.45, 7) is 8.17. The molecule has 0 heterocycles. The summed E-state index contributed by atoms with van der Waals surface area (Å²) in [4.78, 5) is 0. The van der Waals surface area contributed by atoms with Crippen LogP contribution in [-0.4, -0.2) is 24.0 Å². The van der Waals surface area contributed by atoms with E-state index < -0.39 is 0 Å². The number of nitrogens with zero attached hydrogens (tertiary/aromatic N) is 1. The summed E-state index contributed by atoms with van der Waals surface area (Å²) in [7, 11) is 0. The quantitative estimate of drug-likeness (QED) is 0.363. The van der Waals surface area contributed by atoms with Crippen LogP contribution in [0, 0.1) is 0 Å². The van der Waals surface area contributed by atoms with E-state index in [9.17, 15) is 0 Å². The third-order valence-corrected chi connectivity index (χ3v) is 2.29. The summed E-state index contributed by atoms with van der Waals surface area (Å²) in [6.07, 6.45) is 3.53. The number of hydrogen-bond donors (Lipinski definition) is 2.